The zero-order valence-electron chi connectivity index (χ0n) is 11.2. The second kappa shape index (κ2) is 5.25. The summed E-state index contributed by atoms with van der Waals surface area (Å²) in [4.78, 5) is 26.0. The average molecular weight is 274 g/mol. The van der Waals surface area contributed by atoms with Gasteiger partial charge in [-0.3, -0.25) is 14.5 Å². The predicted octanol–water partition coefficient (Wildman–Crippen LogP) is 1.31. The molecule has 106 valence electrons. The zero-order chi connectivity index (χ0) is 14.1. The van der Waals surface area contributed by atoms with Crippen molar-refractivity contribution in [2.24, 2.45) is 17.6 Å². The second-order valence-corrected chi connectivity index (χ2v) is 5.29. The van der Waals surface area contributed by atoms with Gasteiger partial charge in [0.05, 0.1) is 17.5 Å². The van der Waals surface area contributed by atoms with E-state index >= 15 is 0 Å². The molecule has 1 heterocycles. The summed E-state index contributed by atoms with van der Waals surface area (Å²) in [6.45, 7) is 0.902. The van der Waals surface area contributed by atoms with E-state index in [1.807, 2.05) is 0 Å². The van der Waals surface area contributed by atoms with Crippen LogP contribution in [-0.4, -0.2) is 25.0 Å². The molecule has 2 unspecified atom stereocenters. The highest BCUT2D eigenvalue weighted by atomic mass is 16.5. The van der Waals surface area contributed by atoms with Crippen LogP contribution in [-0.2, 0) is 9.59 Å². The minimum atomic E-state index is -0.101. The number of amides is 2. The topological polar surface area (TPSA) is 72.6 Å². The van der Waals surface area contributed by atoms with Crippen molar-refractivity contribution in [3.8, 4) is 5.75 Å². The normalized spacial score (nSPS) is 25.1. The molecule has 1 aromatic carbocycles. The van der Waals surface area contributed by atoms with Crippen LogP contribution in [0, 0.1) is 11.8 Å². The summed E-state index contributed by atoms with van der Waals surface area (Å²) in [5.41, 5.74) is 6.01. The van der Waals surface area contributed by atoms with Gasteiger partial charge in [0, 0.05) is 6.54 Å². The molecule has 1 aromatic rings. The fourth-order valence-electron chi connectivity index (χ4n) is 3.11. The molecule has 0 spiro atoms. The van der Waals surface area contributed by atoms with Crippen LogP contribution in [0.2, 0.25) is 0 Å². The number of nitrogens with zero attached hydrogens (tertiary/aromatic N) is 1. The van der Waals surface area contributed by atoms with Crippen molar-refractivity contribution in [3.05, 3.63) is 24.3 Å². The first-order chi connectivity index (χ1) is 9.72. The molecule has 1 saturated heterocycles. The van der Waals surface area contributed by atoms with Crippen LogP contribution in [0.15, 0.2) is 24.3 Å². The first-order valence-corrected chi connectivity index (χ1v) is 7.03. The molecule has 5 heteroatoms. The van der Waals surface area contributed by atoms with Gasteiger partial charge in [-0.2, -0.15) is 0 Å². The molecule has 2 atom stereocenters. The quantitative estimate of drug-likeness (QED) is 0.840. The largest absolute Gasteiger partial charge is 0.492 e. The summed E-state index contributed by atoms with van der Waals surface area (Å²) < 4.78 is 5.39. The van der Waals surface area contributed by atoms with Gasteiger partial charge in [0.2, 0.25) is 11.8 Å². The van der Waals surface area contributed by atoms with Gasteiger partial charge in [-0.25, -0.2) is 0 Å². The fourth-order valence-corrected chi connectivity index (χ4v) is 3.11. The van der Waals surface area contributed by atoms with Gasteiger partial charge in [-0.15, -0.1) is 0 Å². The molecule has 2 amide bonds. The highest BCUT2D eigenvalue weighted by Gasteiger charge is 2.50. The van der Waals surface area contributed by atoms with Crippen molar-refractivity contribution in [1.82, 2.24) is 0 Å². The lowest BCUT2D eigenvalue weighted by Crippen LogP contribution is -2.31. The number of carbonyl (C=O) groups excluding carboxylic acids is 2. The molecule has 5 nitrogen and oxygen atoms in total. The number of anilines is 1. The first kappa shape index (κ1) is 13.1. The van der Waals surface area contributed by atoms with Crippen molar-refractivity contribution in [2.45, 2.75) is 19.3 Å². The molecule has 2 N–H and O–H groups in total. The van der Waals surface area contributed by atoms with Crippen LogP contribution >= 0.6 is 0 Å². The molecule has 2 fully saturated rings. The maximum absolute atomic E-state index is 12.3. The third-order valence-corrected chi connectivity index (χ3v) is 4.07. The first-order valence-electron chi connectivity index (χ1n) is 7.03. The van der Waals surface area contributed by atoms with Gasteiger partial charge < -0.3 is 10.5 Å². The van der Waals surface area contributed by atoms with E-state index in [1.165, 1.54) is 4.90 Å². The predicted molar refractivity (Wildman–Crippen MR) is 74.3 cm³/mol. The van der Waals surface area contributed by atoms with Crippen molar-refractivity contribution in [1.29, 1.82) is 0 Å². The number of fused-ring (bicyclic) bond motifs is 1. The number of benzene rings is 1. The molecular weight excluding hydrogens is 256 g/mol. The molecule has 1 aliphatic heterocycles. The number of nitrogens with two attached hydrogens (primary N) is 1. The average Bonchev–Trinajstić information content (AvgIpc) is 3.03. The second-order valence-electron chi connectivity index (χ2n) is 5.29. The number of rotatable bonds is 4. The number of hydrogen-bond acceptors (Lipinski definition) is 4. The lowest BCUT2D eigenvalue weighted by Gasteiger charge is -2.16. The molecular formula is C15H18N2O3. The summed E-state index contributed by atoms with van der Waals surface area (Å²) >= 11 is 0. The summed E-state index contributed by atoms with van der Waals surface area (Å²) in [7, 11) is 0. The van der Waals surface area contributed by atoms with E-state index in [9.17, 15) is 9.59 Å². The Balaban J connectivity index is 1.79. The number of carbonyl (C=O) groups is 2. The smallest absolute Gasteiger partial charge is 0.237 e. The van der Waals surface area contributed by atoms with Crippen LogP contribution in [0.3, 0.4) is 0 Å². The van der Waals surface area contributed by atoms with E-state index in [0.29, 0.717) is 24.6 Å². The number of imide groups is 1. The van der Waals surface area contributed by atoms with Crippen LogP contribution in [0.4, 0.5) is 5.69 Å². The highest BCUT2D eigenvalue weighted by molar-refractivity contribution is 6.22. The van der Waals surface area contributed by atoms with Gasteiger partial charge in [-0.05, 0) is 37.1 Å². The maximum Gasteiger partial charge on any atom is 0.237 e. The van der Waals surface area contributed by atoms with E-state index in [2.05, 4.69) is 0 Å². The van der Waals surface area contributed by atoms with Crippen molar-refractivity contribution >= 4 is 17.5 Å². The Hall–Kier alpha value is -1.88. The third kappa shape index (κ3) is 2.08. The molecule has 2 aliphatic rings. The van der Waals surface area contributed by atoms with Crippen molar-refractivity contribution in [2.75, 3.05) is 18.1 Å². The van der Waals surface area contributed by atoms with E-state index in [0.717, 1.165) is 19.3 Å². The van der Waals surface area contributed by atoms with Gasteiger partial charge in [0.15, 0.2) is 0 Å². The Morgan fingerprint density at radius 1 is 1.10 bits per heavy atom. The summed E-state index contributed by atoms with van der Waals surface area (Å²) in [6.07, 6.45) is 2.65. The van der Waals surface area contributed by atoms with Crippen molar-refractivity contribution < 1.29 is 14.3 Å². The minimum absolute atomic E-state index is 0.0480. The van der Waals surface area contributed by atoms with Gasteiger partial charge in [-0.1, -0.05) is 6.42 Å². The van der Waals surface area contributed by atoms with Crippen LogP contribution in [0.1, 0.15) is 19.3 Å². The van der Waals surface area contributed by atoms with Gasteiger partial charge in [0.1, 0.15) is 12.4 Å². The molecule has 1 aliphatic carbocycles. The number of ether oxygens (including phenoxy) is 1. The Morgan fingerprint density at radius 3 is 2.25 bits per heavy atom. The van der Waals surface area contributed by atoms with E-state index < -0.39 is 0 Å². The Kier molecular flexibility index (Phi) is 3.44. The van der Waals surface area contributed by atoms with Crippen LogP contribution < -0.4 is 15.4 Å². The van der Waals surface area contributed by atoms with E-state index in [4.69, 9.17) is 10.5 Å². The molecule has 20 heavy (non-hydrogen) atoms. The monoisotopic (exact) mass is 274 g/mol. The SMILES string of the molecule is NCCOc1ccc(N2C(=O)C3CCCC3C2=O)cc1. The molecule has 0 aromatic heterocycles. The zero-order valence-corrected chi connectivity index (χ0v) is 11.2. The standard InChI is InChI=1S/C15H18N2O3/c16-8-9-20-11-6-4-10(5-7-11)17-14(18)12-2-1-3-13(12)15(17)19/h4-7,12-13H,1-3,8-9,16H2. The summed E-state index contributed by atoms with van der Waals surface area (Å²) in [6, 6.07) is 7.03. The fraction of sp³-hybridized carbons (Fsp3) is 0.467. The molecule has 0 bridgehead atoms. The number of hydrogen-bond donors (Lipinski definition) is 1. The Morgan fingerprint density at radius 2 is 1.70 bits per heavy atom. The van der Waals surface area contributed by atoms with Gasteiger partial charge in [0.25, 0.3) is 0 Å². The highest BCUT2D eigenvalue weighted by Crippen LogP contribution is 2.41. The summed E-state index contributed by atoms with van der Waals surface area (Å²) in [5.74, 6) is 0.395. The van der Waals surface area contributed by atoms with Crippen LogP contribution in [0.5, 0.6) is 5.75 Å². The molecule has 0 radical (unpaired) electrons. The Labute approximate surface area is 117 Å². The maximum atomic E-state index is 12.3. The van der Waals surface area contributed by atoms with Crippen LogP contribution in [0.25, 0.3) is 0 Å². The van der Waals surface area contributed by atoms with E-state index in [1.54, 1.807) is 24.3 Å². The molecule has 3 rings (SSSR count). The summed E-state index contributed by atoms with van der Waals surface area (Å²) in [5, 5.41) is 0. The lowest BCUT2D eigenvalue weighted by molar-refractivity contribution is -0.122. The molecule has 1 saturated carbocycles. The van der Waals surface area contributed by atoms with E-state index in [-0.39, 0.29) is 23.7 Å². The third-order valence-electron chi connectivity index (χ3n) is 4.07. The minimum Gasteiger partial charge on any atom is -0.492 e. The van der Waals surface area contributed by atoms with Gasteiger partial charge >= 0.3 is 0 Å². The Bertz CT molecular complexity index is 504. The van der Waals surface area contributed by atoms with Crippen molar-refractivity contribution in [3.63, 3.8) is 0 Å². The lowest BCUT2D eigenvalue weighted by atomic mass is 10.00.